The molecular formula is C19H23NO4. The molecule has 0 aliphatic heterocycles. The van der Waals surface area contributed by atoms with Crippen LogP contribution in [-0.2, 0) is 0 Å². The average molecular weight is 329 g/mol. The van der Waals surface area contributed by atoms with Crippen LogP contribution in [0.15, 0.2) is 17.3 Å². The number of carbonyl (C=O) groups excluding carboxylic acids is 1. The fourth-order valence-electron chi connectivity index (χ4n) is 5.53. The minimum atomic E-state index is -0.0886. The maximum absolute atomic E-state index is 12.7. The molecule has 0 radical (unpaired) electrons. The number of hydrogen-bond donors (Lipinski definition) is 2. The van der Waals surface area contributed by atoms with Crippen molar-refractivity contribution in [2.24, 2.45) is 22.4 Å². The van der Waals surface area contributed by atoms with Gasteiger partial charge in [0.1, 0.15) is 0 Å². The number of nitrogens with zero attached hydrogens (tertiary/aromatic N) is 1. The van der Waals surface area contributed by atoms with Crippen LogP contribution in [0.2, 0.25) is 0 Å². The van der Waals surface area contributed by atoms with Gasteiger partial charge in [0.25, 0.3) is 0 Å². The number of methoxy groups -OCH3 is 1. The van der Waals surface area contributed by atoms with Crippen LogP contribution in [0.1, 0.15) is 60.9 Å². The van der Waals surface area contributed by atoms with E-state index in [1.165, 1.54) is 7.11 Å². The van der Waals surface area contributed by atoms with Gasteiger partial charge in [0.2, 0.25) is 0 Å². The third-order valence-corrected chi connectivity index (χ3v) is 6.77. The van der Waals surface area contributed by atoms with E-state index in [1.54, 1.807) is 6.07 Å². The second kappa shape index (κ2) is 5.23. The largest absolute Gasteiger partial charge is 0.504 e. The van der Waals surface area contributed by atoms with E-state index in [4.69, 9.17) is 4.74 Å². The number of fused-ring (bicyclic) bond motifs is 5. The highest BCUT2D eigenvalue weighted by molar-refractivity contribution is 6.00. The summed E-state index contributed by atoms with van der Waals surface area (Å²) in [6, 6.07) is 3.41. The molecule has 4 atom stereocenters. The van der Waals surface area contributed by atoms with E-state index in [1.807, 2.05) is 6.07 Å². The van der Waals surface area contributed by atoms with Gasteiger partial charge in [0, 0.05) is 17.4 Å². The zero-order valence-corrected chi connectivity index (χ0v) is 14.1. The predicted octanol–water partition coefficient (Wildman–Crippen LogP) is 3.73. The molecule has 0 amide bonds. The predicted molar refractivity (Wildman–Crippen MR) is 89.1 cm³/mol. The fourth-order valence-corrected chi connectivity index (χ4v) is 5.53. The van der Waals surface area contributed by atoms with Gasteiger partial charge in [-0.05, 0) is 61.1 Å². The third-order valence-electron chi connectivity index (χ3n) is 6.77. The first-order valence-corrected chi connectivity index (χ1v) is 8.65. The standard InChI is InChI=1S/C19H23NO4/c1-19-6-5-10-11-9-17(24-2)16(22)8-13(11)15(21)7-12(10)14(19)3-4-18(19)20-23/h8-10,12,14,22-23H,3-7H2,1-2H3/b20-18+/t10?,12?,14?,19-/m0/s1. The summed E-state index contributed by atoms with van der Waals surface area (Å²) in [7, 11) is 1.53. The summed E-state index contributed by atoms with van der Waals surface area (Å²) >= 11 is 0. The fraction of sp³-hybridized carbons (Fsp3) is 0.579. The Kier molecular flexibility index (Phi) is 3.37. The molecule has 1 aromatic carbocycles. The van der Waals surface area contributed by atoms with Crippen molar-refractivity contribution in [1.82, 2.24) is 0 Å². The minimum Gasteiger partial charge on any atom is -0.504 e. The number of rotatable bonds is 1. The molecule has 24 heavy (non-hydrogen) atoms. The Morgan fingerprint density at radius 2 is 2.12 bits per heavy atom. The summed E-state index contributed by atoms with van der Waals surface area (Å²) in [5.41, 5.74) is 2.47. The van der Waals surface area contributed by atoms with Crippen molar-refractivity contribution in [3.8, 4) is 11.5 Å². The number of Topliss-reactive ketones (excluding diaryl/α,β-unsaturated/α-hetero) is 1. The zero-order valence-electron chi connectivity index (χ0n) is 14.1. The van der Waals surface area contributed by atoms with E-state index >= 15 is 0 Å². The lowest BCUT2D eigenvalue weighted by Gasteiger charge is -2.48. The molecule has 128 valence electrons. The summed E-state index contributed by atoms with van der Waals surface area (Å²) in [6.45, 7) is 2.19. The molecule has 1 aromatic rings. The normalized spacial score (nSPS) is 36.2. The Hall–Kier alpha value is -2.04. The van der Waals surface area contributed by atoms with Crippen LogP contribution in [0.25, 0.3) is 0 Å². The molecule has 3 unspecified atom stereocenters. The number of oxime groups is 1. The Labute approximate surface area is 141 Å². The van der Waals surface area contributed by atoms with Crippen LogP contribution in [-0.4, -0.2) is 28.9 Å². The Morgan fingerprint density at radius 1 is 1.33 bits per heavy atom. The monoisotopic (exact) mass is 329 g/mol. The second-order valence-electron chi connectivity index (χ2n) is 7.66. The molecule has 0 bridgehead atoms. The molecular weight excluding hydrogens is 306 g/mol. The number of phenols is 1. The summed E-state index contributed by atoms with van der Waals surface area (Å²) in [4.78, 5) is 12.7. The number of ether oxygens (including phenoxy) is 1. The van der Waals surface area contributed by atoms with Gasteiger partial charge in [-0.1, -0.05) is 12.1 Å². The summed E-state index contributed by atoms with van der Waals surface area (Å²) in [6.07, 6.45) is 4.25. The first-order valence-electron chi connectivity index (χ1n) is 8.65. The van der Waals surface area contributed by atoms with E-state index in [2.05, 4.69) is 12.1 Å². The third kappa shape index (κ3) is 1.93. The van der Waals surface area contributed by atoms with Gasteiger partial charge in [0.05, 0.1) is 12.8 Å². The van der Waals surface area contributed by atoms with Crippen LogP contribution in [0, 0.1) is 17.3 Å². The van der Waals surface area contributed by atoms with E-state index in [9.17, 15) is 15.1 Å². The van der Waals surface area contributed by atoms with Crippen molar-refractivity contribution in [1.29, 1.82) is 0 Å². The summed E-state index contributed by atoms with van der Waals surface area (Å²) < 4.78 is 5.25. The van der Waals surface area contributed by atoms with E-state index in [-0.39, 0.29) is 22.9 Å². The summed E-state index contributed by atoms with van der Waals surface area (Å²) in [5.74, 6) is 1.52. The molecule has 0 aromatic heterocycles. The van der Waals surface area contributed by atoms with Crippen molar-refractivity contribution in [2.45, 2.75) is 44.9 Å². The SMILES string of the molecule is COc1cc2c(cc1O)C(=O)CC1C2CC[C@]2(C)/C(=N/O)CCC12. The lowest BCUT2D eigenvalue weighted by atomic mass is 9.55. The first kappa shape index (κ1) is 15.5. The van der Waals surface area contributed by atoms with E-state index in [0.717, 1.165) is 37.0 Å². The maximum atomic E-state index is 12.7. The number of phenolic OH excluding ortho intramolecular Hbond substituents is 1. The Bertz CT molecular complexity index is 741. The van der Waals surface area contributed by atoms with Crippen LogP contribution in [0.5, 0.6) is 11.5 Å². The van der Waals surface area contributed by atoms with Gasteiger partial charge in [-0.2, -0.15) is 0 Å². The molecule has 3 aliphatic carbocycles. The first-order chi connectivity index (χ1) is 11.5. The molecule has 3 aliphatic rings. The van der Waals surface area contributed by atoms with E-state index < -0.39 is 0 Å². The zero-order chi connectivity index (χ0) is 17.1. The van der Waals surface area contributed by atoms with Crippen molar-refractivity contribution < 1.29 is 19.8 Å². The van der Waals surface area contributed by atoms with Gasteiger partial charge in [-0.25, -0.2) is 0 Å². The summed E-state index contributed by atoms with van der Waals surface area (Å²) in [5, 5.41) is 22.9. The number of ketones is 1. The topological polar surface area (TPSA) is 79.1 Å². The van der Waals surface area contributed by atoms with Crippen LogP contribution in [0.4, 0.5) is 0 Å². The number of hydrogen-bond acceptors (Lipinski definition) is 5. The van der Waals surface area contributed by atoms with Gasteiger partial charge >= 0.3 is 0 Å². The molecule has 2 N–H and O–H groups in total. The van der Waals surface area contributed by atoms with Crippen LogP contribution in [0.3, 0.4) is 0 Å². The minimum absolute atomic E-state index is 0.0271. The lowest BCUT2D eigenvalue weighted by molar-refractivity contribution is 0.0707. The Balaban J connectivity index is 1.78. The molecule has 2 fully saturated rings. The number of benzene rings is 1. The van der Waals surface area contributed by atoms with Crippen molar-refractivity contribution in [3.05, 3.63) is 23.3 Å². The highest BCUT2D eigenvalue weighted by atomic mass is 16.5. The lowest BCUT2D eigenvalue weighted by Crippen LogP contribution is -2.43. The molecule has 0 spiro atoms. The average Bonchev–Trinajstić information content (AvgIpc) is 2.91. The number of carbonyl (C=O) groups is 1. The molecule has 2 saturated carbocycles. The van der Waals surface area contributed by atoms with Crippen molar-refractivity contribution in [2.75, 3.05) is 7.11 Å². The smallest absolute Gasteiger partial charge is 0.163 e. The van der Waals surface area contributed by atoms with Gasteiger partial charge in [0.15, 0.2) is 17.3 Å². The quantitative estimate of drug-likeness (QED) is 0.608. The molecule has 0 heterocycles. The second-order valence-corrected chi connectivity index (χ2v) is 7.66. The van der Waals surface area contributed by atoms with Crippen LogP contribution < -0.4 is 4.74 Å². The van der Waals surface area contributed by atoms with Gasteiger partial charge < -0.3 is 15.1 Å². The maximum Gasteiger partial charge on any atom is 0.163 e. The van der Waals surface area contributed by atoms with E-state index in [0.29, 0.717) is 29.6 Å². The highest BCUT2D eigenvalue weighted by Gasteiger charge is 2.54. The van der Waals surface area contributed by atoms with Gasteiger partial charge in [-0.3, -0.25) is 4.79 Å². The molecule has 5 heteroatoms. The number of aromatic hydroxyl groups is 1. The molecule has 0 saturated heterocycles. The molecule has 4 rings (SSSR count). The van der Waals surface area contributed by atoms with Crippen molar-refractivity contribution in [3.63, 3.8) is 0 Å². The highest BCUT2D eigenvalue weighted by Crippen LogP contribution is 2.60. The molecule has 5 nitrogen and oxygen atoms in total. The Morgan fingerprint density at radius 3 is 2.83 bits per heavy atom. The van der Waals surface area contributed by atoms with Gasteiger partial charge in [-0.15, -0.1) is 0 Å². The van der Waals surface area contributed by atoms with Crippen molar-refractivity contribution >= 4 is 11.5 Å². The van der Waals surface area contributed by atoms with Crippen LogP contribution >= 0.6 is 0 Å².